The number of amides is 2. The van der Waals surface area contributed by atoms with E-state index in [0.717, 1.165) is 4.90 Å². The van der Waals surface area contributed by atoms with Crippen LogP contribution in [0.1, 0.15) is 6.92 Å². The molecule has 1 fully saturated rings. The van der Waals surface area contributed by atoms with Gasteiger partial charge in [0.1, 0.15) is 11.7 Å². The van der Waals surface area contributed by atoms with Crippen LogP contribution in [0, 0.1) is 0 Å². The minimum Gasteiger partial charge on any atom is -0.461 e. The van der Waals surface area contributed by atoms with E-state index >= 15 is 0 Å². The molecule has 2 N–H and O–H groups in total. The normalized spacial score (nSPS) is 20.3. The number of esters is 1. The number of fused-ring (bicyclic) bond motifs is 1. The van der Waals surface area contributed by atoms with E-state index in [1.807, 2.05) is 0 Å². The molecule has 0 aromatic heterocycles. The van der Waals surface area contributed by atoms with Gasteiger partial charge in [-0.25, -0.2) is 15.1 Å². The molecule has 2 heterocycles. The molecule has 0 spiro atoms. The van der Waals surface area contributed by atoms with Crippen molar-refractivity contribution in [2.24, 2.45) is 0 Å². The van der Waals surface area contributed by atoms with Gasteiger partial charge in [0.05, 0.1) is 22.9 Å². The number of hydrazine groups is 1. The molecule has 22 heavy (non-hydrogen) atoms. The van der Waals surface area contributed by atoms with Gasteiger partial charge >= 0.3 is 5.97 Å². The van der Waals surface area contributed by atoms with E-state index in [2.05, 4.69) is 10.9 Å². The summed E-state index contributed by atoms with van der Waals surface area (Å²) in [6.07, 6.45) is 0. The fourth-order valence-corrected chi connectivity index (χ4v) is 2.64. The van der Waals surface area contributed by atoms with Crippen LogP contribution in [0.5, 0.6) is 0 Å². The highest BCUT2D eigenvalue weighted by molar-refractivity contribution is 6.38. The van der Waals surface area contributed by atoms with E-state index in [-0.39, 0.29) is 28.6 Å². The number of rotatable bonds is 3. The maximum atomic E-state index is 12.6. The van der Waals surface area contributed by atoms with Gasteiger partial charge in [0.15, 0.2) is 0 Å². The number of para-hydroxylation sites is 1. The Kier molecular flexibility index (Phi) is 3.59. The van der Waals surface area contributed by atoms with Gasteiger partial charge in [-0.3, -0.25) is 9.59 Å². The molecule has 1 saturated heterocycles. The van der Waals surface area contributed by atoms with E-state index in [1.54, 1.807) is 31.2 Å². The SMILES string of the molecule is CCOC(=O)C1=C2C(=O)N(c3ccccc3Cl)C(=O)C2NN1. The summed E-state index contributed by atoms with van der Waals surface area (Å²) in [7, 11) is 0. The molecule has 2 aliphatic rings. The standard InChI is InChI=1S/C14H12ClN3O4/c1-2-22-14(21)11-9-10(16-17-11)13(20)18(12(9)19)8-6-4-3-5-7(8)15/h3-6,10,16-17H,2H2,1H3. The Bertz CT molecular complexity index is 716. The molecule has 1 aromatic rings. The summed E-state index contributed by atoms with van der Waals surface area (Å²) in [6, 6.07) is 5.58. The highest BCUT2D eigenvalue weighted by atomic mass is 35.5. The Balaban J connectivity index is 2.04. The quantitative estimate of drug-likeness (QED) is 0.623. The van der Waals surface area contributed by atoms with Gasteiger partial charge < -0.3 is 10.2 Å². The predicted molar refractivity (Wildman–Crippen MR) is 77.7 cm³/mol. The molecule has 1 aromatic carbocycles. The Morgan fingerprint density at radius 1 is 1.36 bits per heavy atom. The third-order valence-electron chi connectivity index (χ3n) is 3.37. The van der Waals surface area contributed by atoms with Gasteiger partial charge in [-0.1, -0.05) is 23.7 Å². The topological polar surface area (TPSA) is 87.7 Å². The number of anilines is 1. The fourth-order valence-electron chi connectivity index (χ4n) is 2.42. The second kappa shape index (κ2) is 5.43. The monoisotopic (exact) mass is 321 g/mol. The molecule has 0 bridgehead atoms. The molecule has 0 saturated carbocycles. The smallest absolute Gasteiger partial charge is 0.356 e. The van der Waals surface area contributed by atoms with E-state index in [4.69, 9.17) is 16.3 Å². The van der Waals surface area contributed by atoms with Gasteiger partial charge in [0.25, 0.3) is 11.8 Å². The molecule has 7 nitrogen and oxygen atoms in total. The Morgan fingerprint density at radius 3 is 2.77 bits per heavy atom. The first kappa shape index (κ1) is 14.6. The summed E-state index contributed by atoms with van der Waals surface area (Å²) >= 11 is 6.05. The zero-order chi connectivity index (χ0) is 15.9. The summed E-state index contributed by atoms with van der Waals surface area (Å²) in [5.74, 6) is -1.78. The maximum absolute atomic E-state index is 12.6. The second-order valence-corrected chi connectivity index (χ2v) is 5.05. The van der Waals surface area contributed by atoms with Crippen molar-refractivity contribution >= 4 is 35.1 Å². The number of nitrogens with zero attached hydrogens (tertiary/aromatic N) is 1. The average Bonchev–Trinajstić information content (AvgIpc) is 3.02. The third kappa shape index (κ3) is 2.06. The zero-order valence-corrected chi connectivity index (χ0v) is 12.3. The second-order valence-electron chi connectivity index (χ2n) is 4.64. The third-order valence-corrected chi connectivity index (χ3v) is 3.69. The lowest BCUT2D eigenvalue weighted by Gasteiger charge is -2.17. The van der Waals surface area contributed by atoms with Crippen LogP contribution in [0.3, 0.4) is 0 Å². The van der Waals surface area contributed by atoms with E-state index in [1.165, 1.54) is 0 Å². The molecular weight excluding hydrogens is 310 g/mol. The molecule has 0 aliphatic carbocycles. The van der Waals surface area contributed by atoms with Crippen LogP contribution in [0.4, 0.5) is 5.69 Å². The van der Waals surface area contributed by atoms with Crippen LogP contribution in [-0.4, -0.2) is 30.4 Å². The van der Waals surface area contributed by atoms with Gasteiger partial charge in [-0.2, -0.15) is 0 Å². The van der Waals surface area contributed by atoms with Gasteiger partial charge in [0.2, 0.25) is 0 Å². The summed E-state index contributed by atoms with van der Waals surface area (Å²) in [4.78, 5) is 37.8. The molecule has 2 amide bonds. The van der Waals surface area contributed by atoms with Crippen molar-refractivity contribution < 1.29 is 19.1 Å². The van der Waals surface area contributed by atoms with Crippen LogP contribution in [-0.2, 0) is 19.1 Å². The van der Waals surface area contributed by atoms with Crippen molar-refractivity contribution in [2.45, 2.75) is 13.0 Å². The van der Waals surface area contributed by atoms with E-state index in [0.29, 0.717) is 0 Å². The predicted octanol–water partition coefficient (Wildman–Crippen LogP) is 0.507. The summed E-state index contributed by atoms with van der Waals surface area (Å²) in [6.45, 7) is 1.82. The highest BCUT2D eigenvalue weighted by Crippen LogP contribution is 2.34. The number of nitrogens with one attached hydrogen (secondary N) is 2. The van der Waals surface area contributed by atoms with Crippen molar-refractivity contribution in [1.82, 2.24) is 10.9 Å². The number of hydrogen-bond acceptors (Lipinski definition) is 6. The number of carbonyl (C=O) groups excluding carboxylic acids is 3. The average molecular weight is 322 g/mol. The van der Waals surface area contributed by atoms with E-state index in [9.17, 15) is 14.4 Å². The van der Waals surface area contributed by atoms with Crippen LogP contribution in [0.15, 0.2) is 35.5 Å². The van der Waals surface area contributed by atoms with Crippen molar-refractivity contribution in [3.63, 3.8) is 0 Å². The lowest BCUT2D eigenvalue weighted by molar-refractivity contribution is -0.139. The molecule has 2 aliphatic heterocycles. The Labute approximate surface area is 130 Å². The number of halogens is 1. The van der Waals surface area contributed by atoms with Crippen LogP contribution >= 0.6 is 11.6 Å². The molecule has 3 rings (SSSR count). The zero-order valence-electron chi connectivity index (χ0n) is 11.6. The molecule has 0 radical (unpaired) electrons. The molecule has 8 heteroatoms. The minimum atomic E-state index is -0.928. The van der Waals surface area contributed by atoms with Gasteiger partial charge in [-0.05, 0) is 19.1 Å². The first-order chi connectivity index (χ1) is 10.6. The molecule has 114 valence electrons. The van der Waals surface area contributed by atoms with Crippen molar-refractivity contribution in [2.75, 3.05) is 11.5 Å². The highest BCUT2D eigenvalue weighted by Gasteiger charge is 2.50. The van der Waals surface area contributed by atoms with Crippen LogP contribution in [0.25, 0.3) is 0 Å². The summed E-state index contributed by atoms with van der Waals surface area (Å²) < 4.78 is 4.87. The minimum absolute atomic E-state index is 0.0419. The van der Waals surface area contributed by atoms with Crippen molar-refractivity contribution in [3.05, 3.63) is 40.6 Å². The Hall–Kier alpha value is -2.38. The van der Waals surface area contributed by atoms with Gasteiger partial charge in [0, 0.05) is 0 Å². The molecular formula is C14H12ClN3O4. The number of hydrogen-bond donors (Lipinski definition) is 2. The maximum Gasteiger partial charge on any atom is 0.356 e. The molecule has 1 atom stereocenters. The van der Waals surface area contributed by atoms with Crippen molar-refractivity contribution in [3.8, 4) is 0 Å². The number of benzene rings is 1. The largest absolute Gasteiger partial charge is 0.461 e. The lowest BCUT2D eigenvalue weighted by atomic mass is 10.1. The molecule has 1 unspecified atom stereocenters. The van der Waals surface area contributed by atoms with Crippen molar-refractivity contribution in [1.29, 1.82) is 0 Å². The van der Waals surface area contributed by atoms with Crippen LogP contribution < -0.4 is 15.8 Å². The number of imide groups is 1. The summed E-state index contributed by atoms with van der Waals surface area (Å²) in [5, 5.41) is 0.274. The Morgan fingerprint density at radius 2 is 2.09 bits per heavy atom. The number of ether oxygens (including phenoxy) is 1. The summed E-state index contributed by atoms with van der Waals surface area (Å²) in [5.41, 5.74) is 5.46. The lowest BCUT2D eigenvalue weighted by Crippen LogP contribution is -2.42. The number of carbonyl (C=O) groups is 3. The first-order valence-corrected chi connectivity index (χ1v) is 6.99. The van der Waals surface area contributed by atoms with Crippen LogP contribution in [0.2, 0.25) is 5.02 Å². The van der Waals surface area contributed by atoms with Gasteiger partial charge in [-0.15, -0.1) is 0 Å². The van der Waals surface area contributed by atoms with E-state index < -0.39 is 23.8 Å². The first-order valence-electron chi connectivity index (χ1n) is 6.62. The fraction of sp³-hybridized carbons (Fsp3) is 0.214.